The summed E-state index contributed by atoms with van der Waals surface area (Å²) in [5, 5.41) is 4.02. The smallest absolute Gasteiger partial charge is 0.330 e. The number of nitrogens with zero attached hydrogens (tertiary/aromatic N) is 3. The second kappa shape index (κ2) is 5.55. The molecule has 0 aromatic carbocycles. The number of thiocarbonyl (C=S) groups is 1. The molecule has 6 nitrogen and oxygen atoms in total. The first-order chi connectivity index (χ1) is 7.60. The fourth-order valence-electron chi connectivity index (χ4n) is 1.24. The second-order valence-electron chi connectivity index (χ2n) is 3.09. The van der Waals surface area contributed by atoms with Gasteiger partial charge in [-0.05, 0) is 13.3 Å². The summed E-state index contributed by atoms with van der Waals surface area (Å²) in [6, 6.07) is -0.476. The van der Waals surface area contributed by atoms with Gasteiger partial charge in [-0.15, -0.1) is 5.10 Å². The van der Waals surface area contributed by atoms with Crippen molar-refractivity contribution < 1.29 is 9.53 Å². The summed E-state index contributed by atoms with van der Waals surface area (Å²) in [4.78, 5) is 15.6. The Labute approximate surface area is 98.8 Å². The zero-order valence-corrected chi connectivity index (χ0v) is 10.0. The van der Waals surface area contributed by atoms with Crippen molar-refractivity contribution >= 4 is 23.2 Å². The van der Waals surface area contributed by atoms with E-state index in [4.69, 9.17) is 22.7 Å². The molecule has 0 amide bonds. The number of hydrogen-bond donors (Lipinski definition) is 1. The lowest BCUT2D eigenvalue weighted by atomic mass is 10.2. The van der Waals surface area contributed by atoms with E-state index in [1.165, 1.54) is 11.0 Å². The minimum Gasteiger partial charge on any atom is -0.464 e. The lowest BCUT2D eigenvalue weighted by Crippen LogP contribution is -2.22. The van der Waals surface area contributed by atoms with Crippen LogP contribution in [-0.4, -0.2) is 32.3 Å². The fraction of sp³-hybridized carbons (Fsp3) is 0.556. The molecule has 88 valence electrons. The molecule has 0 bridgehead atoms. The van der Waals surface area contributed by atoms with Crippen molar-refractivity contribution in [2.75, 3.05) is 6.61 Å². The number of ether oxygens (including phenoxy) is 1. The van der Waals surface area contributed by atoms with E-state index in [2.05, 4.69) is 10.1 Å². The van der Waals surface area contributed by atoms with Gasteiger partial charge in [-0.25, -0.2) is 14.5 Å². The van der Waals surface area contributed by atoms with Crippen LogP contribution in [0.4, 0.5) is 0 Å². The Hall–Kier alpha value is -1.50. The number of hydrogen-bond acceptors (Lipinski definition) is 5. The van der Waals surface area contributed by atoms with Gasteiger partial charge in [0.05, 0.1) is 6.61 Å². The maximum absolute atomic E-state index is 11.6. The van der Waals surface area contributed by atoms with Gasteiger partial charge in [0.15, 0.2) is 6.04 Å². The summed E-state index contributed by atoms with van der Waals surface area (Å²) in [5.74, 6) is -0.0675. The van der Waals surface area contributed by atoms with Gasteiger partial charge < -0.3 is 10.5 Å². The molecule has 0 saturated heterocycles. The minimum absolute atomic E-state index is 0.109. The van der Waals surface area contributed by atoms with Crippen molar-refractivity contribution in [2.45, 2.75) is 26.3 Å². The number of nitrogens with two attached hydrogens (primary N) is 1. The standard InChI is InChI=1S/C9H14N4O2S/c1-3-6(9(14)15-4-2)13-5-11-8(12-13)7(10)16/h5-6H,3-4H2,1-2H3,(H2,10,16). The van der Waals surface area contributed by atoms with Gasteiger partial charge >= 0.3 is 5.97 Å². The summed E-state index contributed by atoms with van der Waals surface area (Å²) in [7, 11) is 0. The average Bonchev–Trinajstić information content (AvgIpc) is 2.68. The number of rotatable bonds is 5. The number of esters is 1. The van der Waals surface area contributed by atoms with E-state index in [9.17, 15) is 4.79 Å². The SMILES string of the molecule is CCOC(=O)C(CC)n1cnc(C(N)=S)n1. The first-order valence-corrected chi connectivity index (χ1v) is 5.38. The molecule has 1 atom stereocenters. The fourth-order valence-corrected chi connectivity index (χ4v) is 1.33. The third-order valence-corrected chi connectivity index (χ3v) is 2.18. The summed E-state index contributed by atoms with van der Waals surface area (Å²) >= 11 is 4.74. The molecule has 0 fully saturated rings. The van der Waals surface area contributed by atoms with Crippen molar-refractivity contribution in [3.05, 3.63) is 12.2 Å². The van der Waals surface area contributed by atoms with E-state index in [1.54, 1.807) is 6.92 Å². The maximum Gasteiger partial charge on any atom is 0.330 e. The van der Waals surface area contributed by atoms with Gasteiger partial charge in [0, 0.05) is 0 Å². The van der Waals surface area contributed by atoms with Gasteiger partial charge in [0.1, 0.15) is 11.3 Å². The Morgan fingerprint density at radius 3 is 2.81 bits per heavy atom. The molecular formula is C9H14N4O2S. The van der Waals surface area contributed by atoms with Crippen molar-refractivity contribution in [1.82, 2.24) is 14.8 Å². The minimum atomic E-state index is -0.476. The molecule has 1 unspecified atom stereocenters. The van der Waals surface area contributed by atoms with Gasteiger partial charge in [-0.3, -0.25) is 0 Å². The monoisotopic (exact) mass is 242 g/mol. The molecule has 16 heavy (non-hydrogen) atoms. The summed E-state index contributed by atoms with van der Waals surface area (Å²) in [6.07, 6.45) is 2.00. The van der Waals surface area contributed by atoms with Crippen LogP contribution >= 0.6 is 12.2 Å². The Bertz CT molecular complexity index is 391. The Kier molecular flexibility index (Phi) is 4.36. The highest BCUT2D eigenvalue weighted by Gasteiger charge is 2.21. The molecule has 0 aliphatic carbocycles. The van der Waals surface area contributed by atoms with Crippen LogP contribution in [0.5, 0.6) is 0 Å². The highest BCUT2D eigenvalue weighted by atomic mass is 32.1. The van der Waals surface area contributed by atoms with Gasteiger partial charge in [0.2, 0.25) is 5.82 Å². The normalized spacial score (nSPS) is 12.1. The van der Waals surface area contributed by atoms with Crippen LogP contribution in [0.15, 0.2) is 6.33 Å². The molecule has 0 spiro atoms. The predicted octanol–water partition coefficient (Wildman–Crippen LogP) is 0.426. The molecule has 0 saturated carbocycles. The van der Waals surface area contributed by atoms with Gasteiger partial charge in [-0.2, -0.15) is 0 Å². The first-order valence-electron chi connectivity index (χ1n) is 4.97. The zero-order valence-electron chi connectivity index (χ0n) is 9.21. The average molecular weight is 242 g/mol. The third kappa shape index (κ3) is 2.75. The molecule has 1 aromatic rings. The van der Waals surface area contributed by atoms with Crippen LogP contribution in [0.25, 0.3) is 0 Å². The van der Waals surface area contributed by atoms with E-state index >= 15 is 0 Å². The van der Waals surface area contributed by atoms with Crippen molar-refractivity contribution in [3.63, 3.8) is 0 Å². The molecule has 0 aliphatic rings. The number of carbonyl (C=O) groups is 1. The lowest BCUT2D eigenvalue weighted by Gasteiger charge is -2.12. The summed E-state index contributed by atoms with van der Waals surface area (Å²) in [6.45, 7) is 3.96. The van der Waals surface area contributed by atoms with Crippen LogP contribution in [0, 0.1) is 0 Å². The van der Waals surface area contributed by atoms with Crippen molar-refractivity contribution in [2.24, 2.45) is 5.73 Å². The molecule has 0 radical (unpaired) electrons. The van der Waals surface area contributed by atoms with Crippen LogP contribution in [0.2, 0.25) is 0 Å². The molecule has 2 N–H and O–H groups in total. The maximum atomic E-state index is 11.6. The highest BCUT2D eigenvalue weighted by molar-refractivity contribution is 7.80. The molecular weight excluding hydrogens is 228 g/mol. The van der Waals surface area contributed by atoms with E-state index < -0.39 is 6.04 Å². The number of carbonyl (C=O) groups excluding carboxylic acids is 1. The Morgan fingerprint density at radius 1 is 1.69 bits per heavy atom. The summed E-state index contributed by atoms with van der Waals surface area (Å²) in [5.41, 5.74) is 5.38. The molecule has 7 heteroatoms. The number of aromatic nitrogens is 3. The predicted molar refractivity (Wildman–Crippen MR) is 61.9 cm³/mol. The van der Waals surface area contributed by atoms with Crippen molar-refractivity contribution in [3.8, 4) is 0 Å². The molecule has 1 aromatic heterocycles. The third-order valence-electron chi connectivity index (χ3n) is 1.99. The Morgan fingerprint density at radius 2 is 2.38 bits per heavy atom. The second-order valence-corrected chi connectivity index (χ2v) is 3.53. The zero-order chi connectivity index (χ0) is 12.1. The molecule has 1 heterocycles. The summed E-state index contributed by atoms with van der Waals surface area (Å²) < 4.78 is 6.35. The van der Waals surface area contributed by atoms with E-state index in [1.807, 2.05) is 6.92 Å². The van der Waals surface area contributed by atoms with Gasteiger partial charge in [0.25, 0.3) is 0 Å². The van der Waals surface area contributed by atoms with Crippen LogP contribution < -0.4 is 5.73 Å². The molecule has 1 rings (SSSR count). The quantitative estimate of drug-likeness (QED) is 0.595. The van der Waals surface area contributed by atoms with E-state index in [0.717, 1.165) is 0 Å². The van der Waals surface area contributed by atoms with Crippen molar-refractivity contribution in [1.29, 1.82) is 0 Å². The highest BCUT2D eigenvalue weighted by Crippen LogP contribution is 2.11. The topological polar surface area (TPSA) is 83.0 Å². The first kappa shape index (κ1) is 12.6. The van der Waals surface area contributed by atoms with Crippen LogP contribution in [0.1, 0.15) is 32.1 Å². The van der Waals surface area contributed by atoms with E-state index in [0.29, 0.717) is 13.0 Å². The molecule has 0 aliphatic heterocycles. The van der Waals surface area contributed by atoms with Crippen LogP contribution in [0.3, 0.4) is 0 Å². The van der Waals surface area contributed by atoms with Crippen LogP contribution in [-0.2, 0) is 9.53 Å². The lowest BCUT2D eigenvalue weighted by molar-refractivity contribution is -0.147. The van der Waals surface area contributed by atoms with Gasteiger partial charge in [-0.1, -0.05) is 19.1 Å². The largest absolute Gasteiger partial charge is 0.464 e. The Balaban J connectivity index is 2.86. The van der Waals surface area contributed by atoms with E-state index in [-0.39, 0.29) is 16.8 Å².